The van der Waals surface area contributed by atoms with Gasteiger partial charge in [-0.05, 0) is 75.0 Å². The second-order valence-corrected chi connectivity index (χ2v) is 8.11. The number of nitrogens with one attached hydrogen (secondary N) is 2. The molecule has 6 heteroatoms. The highest BCUT2D eigenvalue weighted by atomic mass is 127. The summed E-state index contributed by atoms with van der Waals surface area (Å²) in [5.41, 5.74) is 2.02. The average molecular weight is 582 g/mol. The molecule has 3 aromatic carbocycles. The fourth-order valence-corrected chi connectivity index (χ4v) is 3.65. The zero-order valence-corrected chi connectivity index (χ0v) is 18.5. The van der Waals surface area contributed by atoms with Gasteiger partial charge >= 0.3 is 0 Å². The van der Waals surface area contributed by atoms with Crippen LogP contribution in [0.3, 0.4) is 0 Å². The van der Waals surface area contributed by atoms with Gasteiger partial charge in [0.25, 0.3) is 0 Å². The molecule has 2 amide bonds. The first kappa shape index (κ1) is 19.8. The van der Waals surface area contributed by atoms with E-state index in [0.29, 0.717) is 16.9 Å². The van der Waals surface area contributed by atoms with Crippen LogP contribution in [0.1, 0.15) is 11.5 Å². The van der Waals surface area contributed by atoms with Crippen LogP contribution in [-0.2, 0) is 9.59 Å². The Bertz CT molecular complexity index is 902. The van der Waals surface area contributed by atoms with Crippen LogP contribution in [0, 0.1) is 7.14 Å². The lowest BCUT2D eigenvalue weighted by atomic mass is 9.97. The molecule has 0 saturated heterocycles. The molecule has 3 rings (SSSR count). The van der Waals surface area contributed by atoms with Crippen molar-refractivity contribution in [3.05, 3.63) is 91.6 Å². The highest BCUT2D eigenvalue weighted by Gasteiger charge is 2.29. The van der Waals surface area contributed by atoms with Gasteiger partial charge in [-0.1, -0.05) is 54.6 Å². The predicted octanol–water partition coefficient (Wildman–Crippen LogP) is 5.26. The van der Waals surface area contributed by atoms with Crippen molar-refractivity contribution in [3.8, 4) is 0 Å². The van der Waals surface area contributed by atoms with E-state index < -0.39 is 5.92 Å². The highest BCUT2D eigenvalue weighted by molar-refractivity contribution is 14.1. The van der Waals surface area contributed by atoms with Crippen LogP contribution in [0.15, 0.2) is 78.9 Å². The van der Waals surface area contributed by atoms with Gasteiger partial charge in [-0.15, -0.1) is 0 Å². The third-order valence-electron chi connectivity index (χ3n) is 3.92. The summed E-state index contributed by atoms with van der Waals surface area (Å²) in [6.07, 6.45) is 0. The van der Waals surface area contributed by atoms with Crippen molar-refractivity contribution in [3.63, 3.8) is 0 Å². The summed E-state index contributed by atoms with van der Waals surface area (Å²) >= 11 is 4.31. The van der Waals surface area contributed by atoms with E-state index >= 15 is 0 Å². The minimum absolute atomic E-state index is 0.367. The summed E-state index contributed by atoms with van der Waals surface area (Å²) in [5, 5.41) is 5.76. The van der Waals surface area contributed by atoms with Crippen LogP contribution >= 0.6 is 45.2 Å². The molecule has 0 unspecified atom stereocenters. The zero-order chi connectivity index (χ0) is 19.2. The first-order chi connectivity index (χ1) is 13.1. The first-order valence-electron chi connectivity index (χ1n) is 8.22. The van der Waals surface area contributed by atoms with Gasteiger partial charge < -0.3 is 10.6 Å². The number of benzene rings is 3. The topological polar surface area (TPSA) is 58.2 Å². The Morgan fingerprint density at radius 3 is 1.48 bits per heavy atom. The largest absolute Gasteiger partial charge is 0.324 e. The number of amides is 2. The van der Waals surface area contributed by atoms with Crippen LogP contribution in [0.4, 0.5) is 11.4 Å². The van der Waals surface area contributed by atoms with Crippen LogP contribution in [0.25, 0.3) is 0 Å². The van der Waals surface area contributed by atoms with Gasteiger partial charge in [0.2, 0.25) is 11.8 Å². The summed E-state index contributed by atoms with van der Waals surface area (Å²) < 4.78 is 1.82. The molecule has 0 aliphatic heterocycles. The number of para-hydroxylation sites is 2. The van der Waals surface area contributed by atoms with E-state index in [1.807, 2.05) is 66.7 Å². The van der Waals surface area contributed by atoms with Gasteiger partial charge in [-0.2, -0.15) is 0 Å². The Morgan fingerprint density at radius 1 is 0.630 bits per heavy atom. The van der Waals surface area contributed by atoms with Gasteiger partial charge in [0.1, 0.15) is 5.92 Å². The summed E-state index contributed by atoms with van der Waals surface area (Å²) in [5.74, 6) is -1.69. The van der Waals surface area contributed by atoms with Crippen LogP contribution in [0.2, 0.25) is 0 Å². The van der Waals surface area contributed by atoms with Crippen molar-refractivity contribution in [2.45, 2.75) is 5.92 Å². The van der Waals surface area contributed by atoms with Gasteiger partial charge in [0, 0.05) is 7.14 Å². The molecular formula is C21H16I2N2O2. The maximum Gasteiger partial charge on any atom is 0.241 e. The molecule has 0 saturated carbocycles. The molecule has 0 aliphatic rings. The maximum atomic E-state index is 13.0. The lowest BCUT2D eigenvalue weighted by Crippen LogP contribution is -2.32. The second kappa shape index (κ2) is 9.32. The lowest BCUT2D eigenvalue weighted by molar-refractivity contribution is -0.125. The van der Waals surface area contributed by atoms with E-state index in [4.69, 9.17) is 0 Å². The van der Waals surface area contributed by atoms with E-state index in [2.05, 4.69) is 55.8 Å². The molecule has 0 aromatic heterocycles. The summed E-state index contributed by atoms with van der Waals surface area (Å²) in [6.45, 7) is 0. The molecule has 0 bridgehead atoms. The molecule has 0 atom stereocenters. The number of rotatable bonds is 5. The number of hydrogen-bond acceptors (Lipinski definition) is 2. The van der Waals surface area contributed by atoms with Crippen molar-refractivity contribution in [2.24, 2.45) is 0 Å². The Labute approximate surface area is 185 Å². The van der Waals surface area contributed by atoms with Crippen LogP contribution in [-0.4, -0.2) is 11.8 Å². The smallest absolute Gasteiger partial charge is 0.241 e. The Hall–Kier alpha value is -1.94. The van der Waals surface area contributed by atoms with E-state index in [0.717, 1.165) is 7.14 Å². The monoisotopic (exact) mass is 582 g/mol. The SMILES string of the molecule is O=C(Nc1ccccc1I)C(C(=O)Nc1ccccc1I)c1ccccc1. The van der Waals surface area contributed by atoms with E-state index in [9.17, 15) is 9.59 Å². The molecular weight excluding hydrogens is 566 g/mol. The average Bonchev–Trinajstić information content (AvgIpc) is 2.66. The lowest BCUT2D eigenvalue weighted by Gasteiger charge is -2.18. The fraction of sp³-hybridized carbons (Fsp3) is 0.0476. The van der Waals surface area contributed by atoms with Gasteiger partial charge in [-0.25, -0.2) is 0 Å². The van der Waals surface area contributed by atoms with Gasteiger partial charge in [0.05, 0.1) is 11.4 Å². The summed E-state index contributed by atoms with van der Waals surface area (Å²) in [4.78, 5) is 26.0. The van der Waals surface area contributed by atoms with E-state index in [1.165, 1.54) is 0 Å². The zero-order valence-electron chi connectivity index (χ0n) is 14.2. The third kappa shape index (κ3) is 5.07. The minimum Gasteiger partial charge on any atom is -0.324 e. The Kier molecular flexibility index (Phi) is 6.84. The first-order valence-corrected chi connectivity index (χ1v) is 10.4. The predicted molar refractivity (Wildman–Crippen MR) is 125 cm³/mol. The van der Waals surface area contributed by atoms with E-state index in [-0.39, 0.29) is 11.8 Å². The van der Waals surface area contributed by atoms with Crippen molar-refractivity contribution in [1.29, 1.82) is 0 Å². The van der Waals surface area contributed by atoms with E-state index in [1.54, 1.807) is 12.1 Å². The minimum atomic E-state index is -0.960. The molecule has 3 aromatic rings. The quantitative estimate of drug-likeness (QED) is 0.319. The standard InChI is InChI=1S/C21H16I2N2O2/c22-15-10-4-6-12-17(15)24-20(26)19(14-8-2-1-3-9-14)21(27)25-18-13-7-5-11-16(18)23/h1-13,19H,(H,24,26)(H,25,27). The number of hydrogen-bond donors (Lipinski definition) is 2. The fourth-order valence-electron chi connectivity index (χ4n) is 2.60. The van der Waals surface area contributed by atoms with Gasteiger partial charge in [0.15, 0.2) is 0 Å². The molecule has 0 radical (unpaired) electrons. The molecule has 0 spiro atoms. The number of carbonyl (C=O) groups is 2. The van der Waals surface area contributed by atoms with Crippen molar-refractivity contribution in [2.75, 3.05) is 10.6 Å². The number of halogens is 2. The number of carbonyl (C=O) groups excluding carboxylic acids is 2. The normalized spacial score (nSPS) is 10.5. The van der Waals surface area contributed by atoms with Crippen molar-refractivity contribution in [1.82, 2.24) is 0 Å². The van der Waals surface area contributed by atoms with Crippen molar-refractivity contribution < 1.29 is 9.59 Å². The summed E-state index contributed by atoms with van der Waals surface area (Å²) in [6, 6.07) is 24.0. The van der Waals surface area contributed by atoms with Crippen LogP contribution in [0.5, 0.6) is 0 Å². The number of anilines is 2. The highest BCUT2D eigenvalue weighted by Crippen LogP contribution is 2.24. The molecule has 136 valence electrons. The molecule has 0 aliphatic carbocycles. The maximum absolute atomic E-state index is 13.0. The van der Waals surface area contributed by atoms with Gasteiger partial charge in [-0.3, -0.25) is 9.59 Å². The Morgan fingerprint density at radius 2 is 1.04 bits per heavy atom. The second-order valence-electron chi connectivity index (χ2n) is 5.78. The third-order valence-corrected chi connectivity index (χ3v) is 5.80. The summed E-state index contributed by atoms with van der Waals surface area (Å²) in [7, 11) is 0. The molecule has 0 heterocycles. The Balaban J connectivity index is 1.89. The van der Waals surface area contributed by atoms with Crippen molar-refractivity contribution >= 4 is 68.4 Å². The molecule has 2 N–H and O–H groups in total. The molecule has 27 heavy (non-hydrogen) atoms. The molecule has 4 nitrogen and oxygen atoms in total. The molecule has 0 fully saturated rings. The van der Waals surface area contributed by atoms with Crippen LogP contribution < -0.4 is 10.6 Å².